The zero-order chi connectivity index (χ0) is 27.1. The first-order chi connectivity index (χ1) is 18.9. The Hall–Kier alpha value is -4.70. The number of nitrogens with two attached hydrogens (primary N) is 1. The predicted octanol–water partition coefficient (Wildman–Crippen LogP) is 2.86. The van der Waals surface area contributed by atoms with Crippen LogP contribution in [0.3, 0.4) is 0 Å². The fourth-order valence-corrected chi connectivity index (χ4v) is 5.30. The average molecular weight is 523 g/mol. The topological polar surface area (TPSA) is 114 Å². The Morgan fingerprint density at radius 2 is 1.79 bits per heavy atom. The maximum Gasteiger partial charge on any atom is 0.265 e. The van der Waals surface area contributed by atoms with E-state index in [-0.39, 0.29) is 16.9 Å². The van der Waals surface area contributed by atoms with E-state index in [0.29, 0.717) is 16.7 Å². The van der Waals surface area contributed by atoms with Gasteiger partial charge in [0, 0.05) is 50.0 Å². The fraction of sp³-hybridized carbons (Fsp3) is 0.241. The third kappa shape index (κ3) is 4.38. The Bertz CT molecular complexity index is 1740. The third-order valence-electron chi connectivity index (χ3n) is 7.35. The maximum absolute atomic E-state index is 14.3. The first-order valence-corrected chi connectivity index (χ1v) is 13.0. The molecule has 1 amide bonds. The lowest BCUT2D eigenvalue weighted by Gasteiger charge is -2.34. The summed E-state index contributed by atoms with van der Waals surface area (Å²) in [5.41, 5.74) is 8.86. The first kappa shape index (κ1) is 24.6. The lowest BCUT2D eigenvalue weighted by atomic mass is 10.0. The van der Waals surface area contributed by atoms with Crippen molar-refractivity contribution in [2.75, 3.05) is 43.9 Å². The van der Waals surface area contributed by atoms with Crippen LogP contribution in [-0.2, 0) is 0 Å². The van der Waals surface area contributed by atoms with E-state index in [1.54, 1.807) is 23.0 Å². The van der Waals surface area contributed by atoms with Crippen molar-refractivity contribution < 1.29 is 4.79 Å². The van der Waals surface area contributed by atoms with Gasteiger partial charge in [-0.1, -0.05) is 30.3 Å². The molecule has 0 bridgehead atoms. The molecule has 1 saturated heterocycles. The molecule has 0 saturated carbocycles. The summed E-state index contributed by atoms with van der Waals surface area (Å²) >= 11 is 0. The van der Waals surface area contributed by atoms with Crippen molar-refractivity contribution in [3.05, 3.63) is 94.7 Å². The smallest absolute Gasteiger partial charge is 0.265 e. The van der Waals surface area contributed by atoms with E-state index in [1.807, 2.05) is 61.5 Å². The van der Waals surface area contributed by atoms with Crippen LogP contribution in [0, 0.1) is 0 Å². The number of fused-ring (bicyclic) bond motifs is 2. The number of nitrogens with zero attached hydrogens (tertiary/aromatic N) is 6. The molecule has 10 heteroatoms. The third-order valence-corrected chi connectivity index (χ3v) is 7.35. The Labute approximate surface area is 225 Å². The van der Waals surface area contributed by atoms with E-state index in [4.69, 9.17) is 5.73 Å². The predicted molar refractivity (Wildman–Crippen MR) is 153 cm³/mol. The van der Waals surface area contributed by atoms with Gasteiger partial charge in [0.1, 0.15) is 5.56 Å². The van der Waals surface area contributed by atoms with Crippen molar-refractivity contribution in [1.29, 1.82) is 0 Å². The number of benzene rings is 2. The molecule has 1 aliphatic rings. The van der Waals surface area contributed by atoms with Gasteiger partial charge in [-0.3, -0.25) is 14.2 Å². The second-order valence-corrected chi connectivity index (χ2v) is 9.92. The summed E-state index contributed by atoms with van der Waals surface area (Å²) in [5.74, 6) is -0.318. The number of nitrogen functional groups attached to an aromatic ring is 1. The van der Waals surface area contributed by atoms with E-state index in [9.17, 15) is 9.59 Å². The highest BCUT2D eigenvalue weighted by Gasteiger charge is 2.25. The van der Waals surface area contributed by atoms with Crippen LogP contribution in [0.2, 0.25) is 0 Å². The molecule has 3 N–H and O–H groups in total. The number of anilines is 2. The number of rotatable bonds is 5. The van der Waals surface area contributed by atoms with Crippen molar-refractivity contribution in [1.82, 2.24) is 29.4 Å². The number of para-hydroxylation sites is 1. The lowest BCUT2D eigenvalue weighted by Crippen LogP contribution is -2.45. The molecular weight excluding hydrogens is 492 g/mol. The van der Waals surface area contributed by atoms with Crippen LogP contribution in [0.4, 0.5) is 11.5 Å². The van der Waals surface area contributed by atoms with Gasteiger partial charge in [-0.15, -0.1) is 5.10 Å². The minimum Gasteiger partial charge on any atom is -0.381 e. The average Bonchev–Trinajstić information content (AvgIpc) is 3.29. The largest absolute Gasteiger partial charge is 0.381 e. The molecule has 1 aliphatic heterocycles. The standard InChI is InChI=1S/C29H30N8O2/c1-19(32-28(38)25-26(30)33-36-13-7-12-31-27(25)36)23-18-20-8-6-11-22(35-16-14-34(2)15-17-35)24(20)29(39)37(23)21-9-4-3-5-10-21/h3-13,18-19H,14-17H2,1-2H3,(H2,30,33)(H,32,38)/t19-/m0/s1. The molecule has 2 aromatic carbocycles. The molecule has 198 valence electrons. The summed E-state index contributed by atoms with van der Waals surface area (Å²) in [6, 6.07) is 18.7. The molecule has 4 heterocycles. The van der Waals surface area contributed by atoms with Crippen LogP contribution >= 0.6 is 0 Å². The van der Waals surface area contributed by atoms with Crippen LogP contribution in [0.25, 0.3) is 22.1 Å². The van der Waals surface area contributed by atoms with Crippen LogP contribution < -0.4 is 21.5 Å². The molecular formula is C29H30N8O2. The van der Waals surface area contributed by atoms with E-state index < -0.39 is 11.9 Å². The summed E-state index contributed by atoms with van der Waals surface area (Å²) in [7, 11) is 2.11. The first-order valence-electron chi connectivity index (χ1n) is 13.0. The quantitative estimate of drug-likeness (QED) is 0.365. The monoisotopic (exact) mass is 522 g/mol. The minimum absolute atomic E-state index is 0.0918. The normalized spacial score (nSPS) is 15.1. The Balaban J connectivity index is 1.46. The molecule has 0 unspecified atom stereocenters. The van der Waals surface area contributed by atoms with E-state index in [0.717, 1.165) is 42.9 Å². The maximum atomic E-state index is 14.3. The molecule has 5 aromatic rings. The van der Waals surface area contributed by atoms with Gasteiger partial charge in [0.25, 0.3) is 11.5 Å². The van der Waals surface area contributed by atoms with Gasteiger partial charge in [-0.2, -0.15) is 0 Å². The summed E-state index contributed by atoms with van der Waals surface area (Å²) in [6.45, 7) is 5.43. The zero-order valence-electron chi connectivity index (χ0n) is 21.9. The highest BCUT2D eigenvalue weighted by molar-refractivity contribution is 6.04. The van der Waals surface area contributed by atoms with Crippen molar-refractivity contribution >= 4 is 33.8 Å². The lowest BCUT2D eigenvalue weighted by molar-refractivity contribution is 0.0941. The van der Waals surface area contributed by atoms with Gasteiger partial charge in [0.15, 0.2) is 11.5 Å². The number of aromatic nitrogens is 4. The van der Waals surface area contributed by atoms with Crippen LogP contribution in [0.15, 0.2) is 77.9 Å². The minimum atomic E-state index is -0.528. The van der Waals surface area contributed by atoms with Crippen molar-refractivity contribution in [2.24, 2.45) is 0 Å². The zero-order valence-corrected chi connectivity index (χ0v) is 21.9. The number of hydrogen-bond acceptors (Lipinski definition) is 7. The number of likely N-dealkylation sites (N-methyl/N-ethyl adjacent to an activating group) is 1. The molecule has 3 aromatic heterocycles. The number of carbonyl (C=O) groups excluding carboxylic acids is 1. The van der Waals surface area contributed by atoms with Crippen molar-refractivity contribution in [2.45, 2.75) is 13.0 Å². The number of pyridine rings is 1. The highest BCUT2D eigenvalue weighted by Crippen LogP contribution is 2.29. The molecule has 0 spiro atoms. The number of nitrogens with one attached hydrogen (secondary N) is 1. The summed E-state index contributed by atoms with van der Waals surface area (Å²) in [6.07, 6.45) is 3.28. The summed E-state index contributed by atoms with van der Waals surface area (Å²) < 4.78 is 3.18. The number of carbonyl (C=O) groups is 1. The molecule has 0 aliphatic carbocycles. The van der Waals surface area contributed by atoms with Gasteiger partial charge in [0.05, 0.1) is 17.1 Å². The van der Waals surface area contributed by atoms with Crippen molar-refractivity contribution in [3.63, 3.8) is 0 Å². The highest BCUT2D eigenvalue weighted by atomic mass is 16.2. The van der Waals surface area contributed by atoms with Crippen LogP contribution in [-0.4, -0.2) is 63.2 Å². The molecule has 39 heavy (non-hydrogen) atoms. The molecule has 0 radical (unpaired) electrons. The van der Waals surface area contributed by atoms with E-state index >= 15 is 0 Å². The van der Waals surface area contributed by atoms with Gasteiger partial charge < -0.3 is 20.9 Å². The number of hydrogen-bond donors (Lipinski definition) is 2. The molecule has 1 atom stereocenters. The Morgan fingerprint density at radius 3 is 2.56 bits per heavy atom. The summed E-state index contributed by atoms with van der Waals surface area (Å²) in [4.78, 5) is 36.6. The van der Waals surface area contributed by atoms with Gasteiger partial charge >= 0.3 is 0 Å². The number of amides is 1. The second kappa shape index (κ2) is 9.88. The Morgan fingerprint density at radius 1 is 1.03 bits per heavy atom. The van der Waals surface area contributed by atoms with Gasteiger partial charge in [0.2, 0.25) is 0 Å². The second-order valence-electron chi connectivity index (χ2n) is 9.92. The van der Waals surface area contributed by atoms with E-state index in [1.165, 1.54) is 4.52 Å². The van der Waals surface area contributed by atoms with Gasteiger partial charge in [-0.25, -0.2) is 9.50 Å². The van der Waals surface area contributed by atoms with Crippen LogP contribution in [0.5, 0.6) is 0 Å². The molecule has 1 fully saturated rings. The van der Waals surface area contributed by atoms with Crippen LogP contribution in [0.1, 0.15) is 29.0 Å². The molecule has 10 nitrogen and oxygen atoms in total. The Kier molecular flexibility index (Phi) is 6.24. The van der Waals surface area contributed by atoms with E-state index in [2.05, 4.69) is 32.2 Å². The van der Waals surface area contributed by atoms with Crippen molar-refractivity contribution in [3.8, 4) is 5.69 Å². The SMILES string of the molecule is C[C@H](NC(=O)c1c(N)nn2cccnc12)c1cc2cccc(N3CCN(C)CC3)c2c(=O)n1-c1ccccc1. The molecule has 6 rings (SSSR count). The summed E-state index contributed by atoms with van der Waals surface area (Å²) in [5, 5.41) is 8.73. The number of piperazine rings is 1. The van der Waals surface area contributed by atoms with Gasteiger partial charge in [-0.05, 0) is 49.7 Å². The fourth-order valence-electron chi connectivity index (χ4n) is 5.30.